The van der Waals surface area contributed by atoms with Crippen molar-refractivity contribution in [2.45, 2.75) is 4.83 Å². The zero-order valence-electron chi connectivity index (χ0n) is 9.83. The molecule has 0 aliphatic rings. The van der Waals surface area contributed by atoms with E-state index in [4.69, 9.17) is 0 Å². The molecule has 0 saturated carbocycles. The molecule has 1 atom stereocenters. The number of benzene rings is 1. The first-order chi connectivity index (χ1) is 9.13. The molecule has 6 nitrogen and oxygen atoms in total. The van der Waals surface area contributed by atoms with Gasteiger partial charge in [0.15, 0.2) is 4.83 Å². The van der Waals surface area contributed by atoms with Crippen molar-refractivity contribution in [1.29, 1.82) is 0 Å². The van der Waals surface area contributed by atoms with Gasteiger partial charge in [-0.15, -0.1) is 0 Å². The second kappa shape index (κ2) is 4.27. The number of hydrogen-bond donors (Lipinski definition) is 0. The SMILES string of the molecule is COC(=O)C(Br)c1nc2cccc3cnn(c1=O)c32. The van der Waals surface area contributed by atoms with E-state index in [1.54, 1.807) is 12.3 Å². The van der Waals surface area contributed by atoms with E-state index in [0.717, 1.165) is 5.39 Å². The summed E-state index contributed by atoms with van der Waals surface area (Å²) in [6.45, 7) is 0. The molecule has 1 unspecified atom stereocenters. The van der Waals surface area contributed by atoms with Crippen LogP contribution in [0.5, 0.6) is 0 Å². The summed E-state index contributed by atoms with van der Waals surface area (Å²) in [5, 5.41) is 4.87. The van der Waals surface area contributed by atoms with E-state index >= 15 is 0 Å². The van der Waals surface area contributed by atoms with E-state index in [1.807, 2.05) is 12.1 Å². The monoisotopic (exact) mass is 321 g/mol. The van der Waals surface area contributed by atoms with Gasteiger partial charge in [0.05, 0.1) is 18.8 Å². The third-order valence-corrected chi connectivity index (χ3v) is 3.68. The molecular weight excluding hydrogens is 314 g/mol. The average Bonchev–Trinajstić information content (AvgIpc) is 2.87. The van der Waals surface area contributed by atoms with Crippen LogP contribution in [-0.4, -0.2) is 27.7 Å². The minimum Gasteiger partial charge on any atom is -0.468 e. The zero-order chi connectivity index (χ0) is 13.6. The van der Waals surface area contributed by atoms with Crippen molar-refractivity contribution in [2.24, 2.45) is 0 Å². The summed E-state index contributed by atoms with van der Waals surface area (Å²) in [7, 11) is 1.25. The highest BCUT2D eigenvalue weighted by atomic mass is 79.9. The third kappa shape index (κ3) is 1.69. The van der Waals surface area contributed by atoms with Gasteiger partial charge in [-0.05, 0) is 6.07 Å². The highest BCUT2D eigenvalue weighted by Gasteiger charge is 2.25. The Hall–Kier alpha value is -2.02. The lowest BCUT2D eigenvalue weighted by Gasteiger charge is -2.07. The maximum absolute atomic E-state index is 12.3. The number of methoxy groups -OCH3 is 1. The lowest BCUT2D eigenvalue weighted by atomic mass is 10.2. The summed E-state index contributed by atoms with van der Waals surface area (Å²) in [6, 6.07) is 5.44. The molecule has 2 aromatic heterocycles. The van der Waals surface area contributed by atoms with Gasteiger partial charge in [-0.1, -0.05) is 28.1 Å². The van der Waals surface area contributed by atoms with Gasteiger partial charge < -0.3 is 4.74 Å². The predicted molar refractivity (Wildman–Crippen MR) is 71.6 cm³/mol. The number of ether oxygens (including phenoxy) is 1. The van der Waals surface area contributed by atoms with E-state index in [-0.39, 0.29) is 5.69 Å². The molecule has 0 amide bonds. The Morgan fingerprint density at radius 1 is 1.47 bits per heavy atom. The standard InChI is InChI=1S/C12H8BrN3O3/c1-19-12(18)8(13)9-11(17)16-10-6(5-14-16)3-2-4-7(10)15-9/h2-5,8H,1H3. The Labute approximate surface area is 115 Å². The van der Waals surface area contributed by atoms with Crippen LogP contribution in [0.25, 0.3) is 16.4 Å². The third-order valence-electron chi connectivity index (χ3n) is 2.87. The largest absolute Gasteiger partial charge is 0.468 e. The summed E-state index contributed by atoms with van der Waals surface area (Å²) >= 11 is 3.13. The fourth-order valence-electron chi connectivity index (χ4n) is 1.97. The molecule has 3 aromatic rings. The molecule has 0 N–H and O–H groups in total. The lowest BCUT2D eigenvalue weighted by Crippen LogP contribution is -2.25. The van der Waals surface area contributed by atoms with Crippen LogP contribution < -0.4 is 5.56 Å². The molecule has 96 valence electrons. The summed E-state index contributed by atoms with van der Waals surface area (Å²) < 4.78 is 5.86. The normalized spacial score (nSPS) is 12.9. The molecule has 3 rings (SSSR count). The van der Waals surface area contributed by atoms with Crippen molar-refractivity contribution in [3.8, 4) is 0 Å². The number of nitrogens with zero attached hydrogens (tertiary/aromatic N) is 3. The molecule has 0 bridgehead atoms. The average molecular weight is 322 g/mol. The van der Waals surface area contributed by atoms with E-state index < -0.39 is 16.4 Å². The van der Waals surface area contributed by atoms with Crippen LogP contribution in [0.3, 0.4) is 0 Å². The van der Waals surface area contributed by atoms with Crippen molar-refractivity contribution in [2.75, 3.05) is 7.11 Å². The molecule has 0 fully saturated rings. The van der Waals surface area contributed by atoms with Crippen LogP contribution in [0.2, 0.25) is 0 Å². The number of carbonyl (C=O) groups excluding carboxylic acids is 1. The van der Waals surface area contributed by atoms with Gasteiger partial charge in [0.25, 0.3) is 5.56 Å². The van der Waals surface area contributed by atoms with Gasteiger partial charge in [0, 0.05) is 5.39 Å². The number of alkyl halides is 1. The Kier molecular flexibility index (Phi) is 2.70. The van der Waals surface area contributed by atoms with E-state index in [9.17, 15) is 9.59 Å². The molecule has 19 heavy (non-hydrogen) atoms. The Balaban J connectivity index is 2.35. The number of para-hydroxylation sites is 1. The number of esters is 1. The van der Waals surface area contributed by atoms with Gasteiger partial charge in [-0.2, -0.15) is 9.61 Å². The molecule has 2 heterocycles. The first-order valence-electron chi connectivity index (χ1n) is 5.45. The fourth-order valence-corrected chi connectivity index (χ4v) is 2.46. The molecule has 0 aliphatic heterocycles. The summed E-state index contributed by atoms with van der Waals surface area (Å²) in [6.07, 6.45) is 1.59. The molecular formula is C12H8BrN3O3. The number of aromatic nitrogens is 3. The van der Waals surface area contributed by atoms with Gasteiger partial charge >= 0.3 is 5.97 Å². The molecule has 0 spiro atoms. The van der Waals surface area contributed by atoms with Gasteiger partial charge in [-0.3, -0.25) is 9.59 Å². The van der Waals surface area contributed by atoms with E-state index in [1.165, 1.54) is 11.6 Å². The highest BCUT2D eigenvalue weighted by molar-refractivity contribution is 9.09. The minimum absolute atomic E-state index is 0.0653. The van der Waals surface area contributed by atoms with Crippen LogP contribution in [0.1, 0.15) is 10.5 Å². The summed E-state index contributed by atoms with van der Waals surface area (Å²) in [4.78, 5) is 27.1. The van der Waals surface area contributed by atoms with Crippen LogP contribution in [-0.2, 0) is 9.53 Å². The molecule has 7 heteroatoms. The van der Waals surface area contributed by atoms with E-state index in [0.29, 0.717) is 11.0 Å². The van der Waals surface area contributed by atoms with Crippen molar-refractivity contribution in [3.63, 3.8) is 0 Å². The number of halogens is 1. The van der Waals surface area contributed by atoms with E-state index in [2.05, 4.69) is 30.7 Å². The van der Waals surface area contributed by atoms with Crippen LogP contribution in [0, 0.1) is 0 Å². The van der Waals surface area contributed by atoms with Crippen LogP contribution in [0.15, 0.2) is 29.2 Å². The first-order valence-corrected chi connectivity index (χ1v) is 6.37. The Morgan fingerprint density at radius 2 is 2.26 bits per heavy atom. The molecule has 0 aliphatic carbocycles. The van der Waals surface area contributed by atoms with Crippen molar-refractivity contribution >= 4 is 38.3 Å². The number of carbonyl (C=O) groups is 1. The van der Waals surface area contributed by atoms with Gasteiger partial charge in [0.1, 0.15) is 11.2 Å². The van der Waals surface area contributed by atoms with Gasteiger partial charge in [0.2, 0.25) is 0 Å². The maximum atomic E-state index is 12.3. The van der Waals surface area contributed by atoms with Crippen molar-refractivity contribution in [3.05, 3.63) is 40.4 Å². The quantitative estimate of drug-likeness (QED) is 0.525. The smallest absolute Gasteiger partial charge is 0.325 e. The topological polar surface area (TPSA) is 73.6 Å². The van der Waals surface area contributed by atoms with Crippen LogP contribution >= 0.6 is 15.9 Å². The number of hydrogen-bond acceptors (Lipinski definition) is 5. The predicted octanol–water partition coefficient (Wildman–Crippen LogP) is 1.29. The second-order valence-electron chi connectivity index (χ2n) is 3.96. The maximum Gasteiger partial charge on any atom is 0.325 e. The second-order valence-corrected chi connectivity index (χ2v) is 4.87. The number of rotatable bonds is 2. The minimum atomic E-state index is -0.905. The Bertz CT molecular complexity index is 830. The zero-order valence-corrected chi connectivity index (χ0v) is 11.4. The van der Waals surface area contributed by atoms with Gasteiger partial charge in [-0.25, -0.2) is 4.98 Å². The Morgan fingerprint density at radius 3 is 3.00 bits per heavy atom. The fraction of sp³-hybridized carbons (Fsp3) is 0.167. The first kappa shape index (κ1) is 12.0. The molecule has 1 aromatic carbocycles. The summed E-state index contributed by atoms with van der Waals surface area (Å²) in [5.74, 6) is -0.574. The van der Waals surface area contributed by atoms with Crippen molar-refractivity contribution in [1.82, 2.24) is 14.6 Å². The molecule has 0 radical (unpaired) electrons. The highest BCUT2D eigenvalue weighted by Crippen LogP contribution is 2.23. The van der Waals surface area contributed by atoms with Crippen molar-refractivity contribution < 1.29 is 9.53 Å². The van der Waals surface area contributed by atoms with Crippen LogP contribution in [0.4, 0.5) is 0 Å². The molecule has 0 saturated heterocycles. The summed E-state index contributed by atoms with van der Waals surface area (Å²) in [5.41, 5.74) is 0.898. The lowest BCUT2D eigenvalue weighted by molar-refractivity contribution is -0.140.